The van der Waals surface area contributed by atoms with Crippen molar-refractivity contribution in [3.05, 3.63) is 0 Å². The molecule has 1 fully saturated rings. The Labute approximate surface area is 163 Å². The molecule has 5 atom stereocenters. The van der Waals surface area contributed by atoms with Crippen molar-refractivity contribution in [2.75, 3.05) is 7.11 Å². The molecule has 11 heteroatoms. The minimum absolute atomic E-state index is 0.384. The molecule has 0 aromatic carbocycles. The third-order valence-corrected chi connectivity index (χ3v) is 4.97. The Hall–Kier alpha value is -2.17. The molecule has 0 radical (unpaired) electrons. The molecular weight excluding hydrogens is 432 g/mol. The maximum Gasteiger partial charge on any atom is 0.351 e. The van der Waals surface area contributed by atoms with Gasteiger partial charge < -0.3 is 23.7 Å². The van der Waals surface area contributed by atoms with Gasteiger partial charge in [0.1, 0.15) is 10.9 Å². The van der Waals surface area contributed by atoms with E-state index in [-0.39, 0.29) is 6.42 Å². The lowest BCUT2D eigenvalue weighted by molar-refractivity contribution is -0.218. The first-order valence-corrected chi connectivity index (χ1v) is 8.80. The van der Waals surface area contributed by atoms with Crippen LogP contribution >= 0.6 is 15.9 Å². The number of ether oxygens (including phenoxy) is 5. The second-order valence-corrected chi connectivity index (χ2v) is 6.86. The zero-order valence-electron chi connectivity index (χ0n) is 15.5. The van der Waals surface area contributed by atoms with Crippen molar-refractivity contribution in [2.45, 2.75) is 62.9 Å². The molecule has 0 aromatic heterocycles. The molecule has 0 N–H and O–H groups in total. The molecule has 1 saturated carbocycles. The number of alkyl halides is 1. The normalized spacial score (nSPS) is 29.9. The highest BCUT2D eigenvalue weighted by Gasteiger charge is 2.63. The van der Waals surface area contributed by atoms with E-state index < -0.39 is 58.6 Å². The summed E-state index contributed by atoms with van der Waals surface area (Å²) in [7, 11) is 1.08. The van der Waals surface area contributed by atoms with Crippen LogP contribution in [0.5, 0.6) is 0 Å². The summed E-state index contributed by atoms with van der Waals surface area (Å²) in [5.74, 6) is -4.01. The van der Waals surface area contributed by atoms with Gasteiger partial charge in [0.25, 0.3) is 0 Å². The number of carbonyl (C=O) groups is 5. The monoisotopic (exact) mass is 452 g/mol. The van der Waals surface area contributed by atoms with Crippen molar-refractivity contribution in [3.63, 3.8) is 0 Å². The molecule has 1 rings (SSSR count). The molecular formula is C16H21BrO10. The lowest BCUT2D eigenvalue weighted by atomic mass is 9.78. The van der Waals surface area contributed by atoms with Crippen molar-refractivity contribution in [1.29, 1.82) is 0 Å². The fourth-order valence-electron chi connectivity index (χ4n) is 2.91. The summed E-state index contributed by atoms with van der Waals surface area (Å²) in [4.78, 5) is 57.6. The molecule has 2 unspecified atom stereocenters. The highest BCUT2D eigenvalue weighted by Crippen LogP contribution is 2.42. The van der Waals surface area contributed by atoms with Crippen LogP contribution in [0.3, 0.4) is 0 Å². The van der Waals surface area contributed by atoms with Gasteiger partial charge in [-0.05, 0) is 0 Å². The minimum atomic E-state index is -1.99. The number of hydrogen-bond donors (Lipinski definition) is 0. The van der Waals surface area contributed by atoms with Crippen LogP contribution in [-0.4, -0.2) is 65.7 Å². The summed E-state index contributed by atoms with van der Waals surface area (Å²) in [6, 6.07) is 0. The van der Waals surface area contributed by atoms with Crippen LogP contribution in [0.4, 0.5) is 0 Å². The lowest BCUT2D eigenvalue weighted by Gasteiger charge is -2.47. The van der Waals surface area contributed by atoms with Crippen LogP contribution in [0.2, 0.25) is 0 Å². The fraction of sp³-hybridized carbons (Fsp3) is 0.688. The first-order chi connectivity index (χ1) is 12.4. The second-order valence-electron chi connectivity index (χ2n) is 5.88. The SMILES string of the molecule is COC(=O)[C@@]1(OC(C)=O)CC(OC(C)=O)[C@H](OC(C)=O)[C@H](OC(C)=O)C1Br. The summed E-state index contributed by atoms with van der Waals surface area (Å²) in [5, 5.41) is 0. The van der Waals surface area contributed by atoms with Gasteiger partial charge in [0.15, 0.2) is 12.2 Å². The fourth-order valence-corrected chi connectivity index (χ4v) is 3.79. The van der Waals surface area contributed by atoms with Crippen LogP contribution in [-0.2, 0) is 47.7 Å². The molecule has 27 heavy (non-hydrogen) atoms. The van der Waals surface area contributed by atoms with E-state index in [0.717, 1.165) is 34.8 Å². The quantitative estimate of drug-likeness (QED) is 0.328. The number of hydrogen-bond acceptors (Lipinski definition) is 10. The smallest absolute Gasteiger partial charge is 0.351 e. The average molecular weight is 453 g/mol. The van der Waals surface area contributed by atoms with E-state index in [0.29, 0.717) is 0 Å². The van der Waals surface area contributed by atoms with Crippen LogP contribution in [0.25, 0.3) is 0 Å². The maximum absolute atomic E-state index is 12.5. The molecule has 0 aromatic rings. The van der Waals surface area contributed by atoms with Gasteiger partial charge in [-0.2, -0.15) is 0 Å². The Morgan fingerprint density at radius 1 is 0.815 bits per heavy atom. The Morgan fingerprint density at radius 3 is 1.70 bits per heavy atom. The van der Waals surface area contributed by atoms with Crippen molar-refractivity contribution in [3.8, 4) is 0 Å². The van der Waals surface area contributed by atoms with Gasteiger partial charge in [-0.25, -0.2) is 4.79 Å². The van der Waals surface area contributed by atoms with Crippen LogP contribution in [0.15, 0.2) is 0 Å². The van der Waals surface area contributed by atoms with Gasteiger partial charge in [0.05, 0.1) is 7.11 Å². The summed E-state index contributed by atoms with van der Waals surface area (Å²) in [5.41, 5.74) is -1.99. The topological polar surface area (TPSA) is 132 Å². The minimum Gasteiger partial charge on any atom is -0.466 e. The van der Waals surface area contributed by atoms with E-state index in [1.807, 2.05) is 0 Å². The Morgan fingerprint density at radius 2 is 1.30 bits per heavy atom. The average Bonchev–Trinajstić information content (AvgIpc) is 2.52. The van der Waals surface area contributed by atoms with Crippen molar-refractivity contribution in [1.82, 2.24) is 0 Å². The molecule has 10 nitrogen and oxygen atoms in total. The largest absolute Gasteiger partial charge is 0.466 e. The third kappa shape index (κ3) is 5.41. The third-order valence-electron chi connectivity index (χ3n) is 3.71. The Balaban J connectivity index is 3.52. The molecule has 0 bridgehead atoms. The van der Waals surface area contributed by atoms with Gasteiger partial charge >= 0.3 is 29.8 Å². The molecule has 152 valence electrons. The van der Waals surface area contributed by atoms with E-state index in [9.17, 15) is 24.0 Å². The lowest BCUT2D eigenvalue weighted by Crippen LogP contribution is -2.67. The Kier molecular flexibility index (Phi) is 7.76. The Bertz CT molecular complexity index is 633. The van der Waals surface area contributed by atoms with Gasteiger partial charge in [0.2, 0.25) is 5.60 Å². The van der Waals surface area contributed by atoms with Crippen LogP contribution in [0, 0.1) is 0 Å². The van der Waals surface area contributed by atoms with Crippen molar-refractivity contribution < 1.29 is 47.7 Å². The van der Waals surface area contributed by atoms with Gasteiger partial charge in [-0.1, -0.05) is 15.9 Å². The van der Waals surface area contributed by atoms with Gasteiger partial charge in [-0.3, -0.25) is 19.2 Å². The van der Waals surface area contributed by atoms with Crippen molar-refractivity contribution in [2.24, 2.45) is 0 Å². The van der Waals surface area contributed by atoms with E-state index in [2.05, 4.69) is 15.9 Å². The predicted molar refractivity (Wildman–Crippen MR) is 90.5 cm³/mol. The molecule has 1 aliphatic carbocycles. The summed E-state index contributed by atoms with van der Waals surface area (Å²) in [6.07, 6.45) is -4.19. The molecule has 0 spiro atoms. The molecule has 0 heterocycles. The summed E-state index contributed by atoms with van der Waals surface area (Å²) in [6.45, 7) is 4.40. The van der Waals surface area contributed by atoms with E-state index in [1.165, 1.54) is 0 Å². The predicted octanol–water partition coefficient (Wildman–Crippen LogP) is 0.424. The molecule has 0 aliphatic heterocycles. The maximum atomic E-state index is 12.5. The number of carbonyl (C=O) groups excluding carboxylic acids is 5. The summed E-state index contributed by atoms with van der Waals surface area (Å²) < 4.78 is 25.5. The van der Waals surface area contributed by atoms with E-state index >= 15 is 0 Å². The molecule has 0 saturated heterocycles. The molecule has 1 aliphatic rings. The summed E-state index contributed by atoms with van der Waals surface area (Å²) >= 11 is 3.21. The van der Waals surface area contributed by atoms with E-state index in [4.69, 9.17) is 23.7 Å². The number of halogens is 1. The first-order valence-electron chi connectivity index (χ1n) is 7.88. The van der Waals surface area contributed by atoms with Gasteiger partial charge in [-0.15, -0.1) is 0 Å². The number of rotatable bonds is 5. The van der Waals surface area contributed by atoms with Gasteiger partial charge in [0, 0.05) is 34.1 Å². The highest BCUT2D eigenvalue weighted by atomic mass is 79.9. The number of esters is 5. The van der Waals surface area contributed by atoms with Crippen LogP contribution in [0.1, 0.15) is 34.1 Å². The van der Waals surface area contributed by atoms with Crippen LogP contribution < -0.4 is 0 Å². The highest BCUT2D eigenvalue weighted by molar-refractivity contribution is 9.09. The van der Waals surface area contributed by atoms with Crippen molar-refractivity contribution >= 4 is 45.8 Å². The molecule has 0 amide bonds. The van der Waals surface area contributed by atoms with E-state index in [1.54, 1.807) is 0 Å². The standard InChI is InChI=1S/C16H21BrO10/c1-7(18)24-11-6-16(15(22)23-5,27-10(4)21)14(17)13(26-9(3)20)12(11)25-8(2)19/h11-14H,6H2,1-5H3/t11?,12-,13-,14?,16+/m0/s1. The zero-order valence-corrected chi connectivity index (χ0v) is 17.1. The second kappa shape index (κ2) is 9.16. The first kappa shape index (κ1) is 22.9. The number of methoxy groups -OCH3 is 1. The zero-order chi connectivity index (χ0) is 20.9.